The minimum atomic E-state index is -0.141. The lowest BCUT2D eigenvalue weighted by Gasteiger charge is -2.03. The van der Waals surface area contributed by atoms with E-state index in [1.54, 1.807) is 13.3 Å². The summed E-state index contributed by atoms with van der Waals surface area (Å²) < 4.78 is 6.90. The summed E-state index contributed by atoms with van der Waals surface area (Å²) in [4.78, 5) is 11.7. The third-order valence-corrected chi connectivity index (χ3v) is 3.17. The van der Waals surface area contributed by atoms with Crippen molar-refractivity contribution in [3.05, 3.63) is 47.3 Å². The summed E-state index contributed by atoms with van der Waals surface area (Å²) in [5, 5.41) is 8.25. The molecule has 0 aliphatic rings. The van der Waals surface area contributed by atoms with Crippen LogP contribution in [0.4, 0.5) is 0 Å². The summed E-state index contributed by atoms with van der Waals surface area (Å²) in [5.41, 5.74) is 5.41. The number of hydrogen-bond acceptors (Lipinski definition) is 4. The van der Waals surface area contributed by atoms with Crippen molar-refractivity contribution in [1.29, 1.82) is 0 Å². The normalized spacial score (nSPS) is 10.9. The van der Waals surface area contributed by atoms with Gasteiger partial charge in [-0.2, -0.15) is 10.2 Å². The number of hydrogen-bond donors (Lipinski definition) is 1. The van der Waals surface area contributed by atoms with Gasteiger partial charge in [0.2, 0.25) is 5.91 Å². The van der Waals surface area contributed by atoms with Crippen molar-refractivity contribution in [2.24, 2.45) is 5.10 Å². The van der Waals surface area contributed by atoms with E-state index in [0.29, 0.717) is 13.0 Å². The number of aryl methyl sites for hydroxylation is 3. The molecule has 2 rings (SSSR count). The van der Waals surface area contributed by atoms with Gasteiger partial charge in [0.25, 0.3) is 0 Å². The number of benzene rings is 1. The Morgan fingerprint density at radius 2 is 2.09 bits per heavy atom. The SMILES string of the molecule is COc1ccc(C=NNC(=O)CCn2nc(C)cc2C)cc1. The molecule has 1 N–H and O–H groups in total. The molecule has 2 aromatic rings. The summed E-state index contributed by atoms with van der Waals surface area (Å²) in [6.45, 7) is 4.45. The Bertz CT molecular complexity index is 659. The Labute approximate surface area is 129 Å². The molecule has 22 heavy (non-hydrogen) atoms. The van der Waals surface area contributed by atoms with Crippen molar-refractivity contribution >= 4 is 12.1 Å². The number of aromatic nitrogens is 2. The molecule has 1 aromatic heterocycles. The summed E-state index contributed by atoms with van der Waals surface area (Å²) in [6.07, 6.45) is 1.93. The number of nitrogens with zero attached hydrogens (tertiary/aromatic N) is 3. The van der Waals surface area contributed by atoms with Crippen LogP contribution in [-0.2, 0) is 11.3 Å². The topological polar surface area (TPSA) is 68.5 Å². The predicted molar refractivity (Wildman–Crippen MR) is 85.0 cm³/mol. The fourth-order valence-corrected chi connectivity index (χ4v) is 2.03. The molecular formula is C16H20N4O2. The monoisotopic (exact) mass is 300 g/mol. The smallest absolute Gasteiger partial charge is 0.241 e. The summed E-state index contributed by atoms with van der Waals surface area (Å²) in [7, 11) is 1.62. The van der Waals surface area contributed by atoms with Crippen molar-refractivity contribution in [2.45, 2.75) is 26.8 Å². The third kappa shape index (κ3) is 4.44. The first kappa shape index (κ1) is 15.8. The van der Waals surface area contributed by atoms with E-state index >= 15 is 0 Å². The van der Waals surface area contributed by atoms with E-state index in [-0.39, 0.29) is 5.91 Å². The Kier molecular flexibility index (Phi) is 5.30. The lowest BCUT2D eigenvalue weighted by Crippen LogP contribution is -2.20. The van der Waals surface area contributed by atoms with Crippen LogP contribution >= 0.6 is 0 Å². The van der Waals surface area contributed by atoms with Crippen LogP contribution in [0.25, 0.3) is 0 Å². The highest BCUT2D eigenvalue weighted by Crippen LogP contribution is 2.09. The van der Waals surface area contributed by atoms with Crippen LogP contribution in [0.3, 0.4) is 0 Å². The largest absolute Gasteiger partial charge is 0.497 e. The standard InChI is InChI=1S/C16H20N4O2/c1-12-10-13(2)20(19-12)9-8-16(21)18-17-11-14-4-6-15(22-3)7-5-14/h4-7,10-11H,8-9H2,1-3H3,(H,18,21). The average Bonchev–Trinajstić information content (AvgIpc) is 2.84. The maximum absolute atomic E-state index is 11.7. The van der Waals surface area contributed by atoms with Crippen LogP contribution in [0.1, 0.15) is 23.4 Å². The van der Waals surface area contributed by atoms with Crippen LogP contribution in [-0.4, -0.2) is 29.0 Å². The van der Waals surface area contributed by atoms with E-state index in [2.05, 4.69) is 15.6 Å². The summed E-state index contributed by atoms with van der Waals surface area (Å²) in [6, 6.07) is 9.40. The van der Waals surface area contributed by atoms with Crippen LogP contribution in [0.15, 0.2) is 35.4 Å². The van der Waals surface area contributed by atoms with E-state index in [1.807, 2.05) is 48.9 Å². The molecule has 0 fully saturated rings. The van der Waals surface area contributed by atoms with Gasteiger partial charge in [0.15, 0.2) is 0 Å². The van der Waals surface area contributed by atoms with Gasteiger partial charge in [0.05, 0.1) is 25.6 Å². The maximum Gasteiger partial charge on any atom is 0.241 e. The number of rotatable bonds is 6. The first-order valence-corrected chi connectivity index (χ1v) is 7.05. The third-order valence-electron chi connectivity index (χ3n) is 3.17. The molecule has 1 heterocycles. The van der Waals surface area contributed by atoms with Crippen LogP contribution in [0, 0.1) is 13.8 Å². The highest BCUT2D eigenvalue weighted by molar-refractivity contribution is 5.82. The summed E-state index contributed by atoms with van der Waals surface area (Å²) >= 11 is 0. The molecule has 116 valence electrons. The summed E-state index contributed by atoms with van der Waals surface area (Å²) in [5.74, 6) is 0.642. The van der Waals surface area contributed by atoms with E-state index in [4.69, 9.17) is 4.74 Å². The van der Waals surface area contributed by atoms with Crippen LogP contribution in [0.5, 0.6) is 5.75 Å². The van der Waals surface area contributed by atoms with Gasteiger partial charge in [0.1, 0.15) is 5.75 Å². The molecule has 0 unspecified atom stereocenters. The lowest BCUT2D eigenvalue weighted by molar-refractivity contribution is -0.121. The Balaban J connectivity index is 1.79. The molecule has 0 spiro atoms. The first-order valence-electron chi connectivity index (χ1n) is 7.05. The molecule has 0 aliphatic heterocycles. The molecule has 0 saturated heterocycles. The van der Waals surface area contributed by atoms with Crippen molar-refractivity contribution in [2.75, 3.05) is 7.11 Å². The highest BCUT2D eigenvalue weighted by Gasteiger charge is 2.04. The molecule has 6 heteroatoms. The quantitative estimate of drug-likeness (QED) is 0.656. The van der Waals surface area contributed by atoms with Gasteiger partial charge in [-0.05, 0) is 49.7 Å². The number of carbonyl (C=O) groups is 1. The van der Waals surface area contributed by atoms with Gasteiger partial charge in [0, 0.05) is 12.1 Å². The number of ether oxygens (including phenoxy) is 1. The molecule has 0 radical (unpaired) electrons. The Morgan fingerprint density at radius 3 is 2.68 bits per heavy atom. The van der Waals surface area contributed by atoms with E-state index in [0.717, 1.165) is 22.7 Å². The van der Waals surface area contributed by atoms with Gasteiger partial charge in [-0.15, -0.1) is 0 Å². The maximum atomic E-state index is 11.7. The Hall–Kier alpha value is -2.63. The van der Waals surface area contributed by atoms with Crippen LogP contribution < -0.4 is 10.2 Å². The van der Waals surface area contributed by atoms with Gasteiger partial charge >= 0.3 is 0 Å². The first-order chi connectivity index (χ1) is 10.6. The van der Waals surface area contributed by atoms with E-state index < -0.39 is 0 Å². The van der Waals surface area contributed by atoms with Crippen molar-refractivity contribution in [3.63, 3.8) is 0 Å². The van der Waals surface area contributed by atoms with Crippen LogP contribution in [0.2, 0.25) is 0 Å². The Morgan fingerprint density at radius 1 is 1.36 bits per heavy atom. The van der Waals surface area contributed by atoms with Crippen molar-refractivity contribution < 1.29 is 9.53 Å². The zero-order chi connectivity index (χ0) is 15.9. The fraction of sp³-hybridized carbons (Fsp3) is 0.312. The van der Waals surface area contributed by atoms with Gasteiger partial charge in [-0.1, -0.05) is 0 Å². The zero-order valence-electron chi connectivity index (χ0n) is 13.0. The van der Waals surface area contributed by atoms with Crippen molar-refractivity contribution in [3.8, 4) is 5.75 Å². The second-order valence-corrected chi connectivity index (χ2v) is 4.97. The second kappa shape index (κ2) is 7.40. The number of carbonyl (C=O) groups excluding carboxylic acids is 1. The minimum absolute atomic E-state index is 0.141. The molecule has 6 nitrogen and oxygen atoms in total. The number of methoxy groups -OCH3 is 1. The molecular weight excluding hydrogens is 280 g/mol. The number of amides is 1. The molecule has 1 aromatic carbocycles. The second-order valence-electron chi connectivity index (χ2n) is 4.97. The van der Waals surface area contributed by atoms with E-state index in [1.165, 1.54) is 0 Å². The average molecular weight is 300 g/mol. The molecule has 1 amide bonds. The van der Waals surface area contributed by atoms with Crippen molar-refractivity contribution in [1.82, 2.24) is 15.2 Å². The molecule has 0 atom stereocenters. The molecule has 0 saturated carbocycles. The van der Waals surface area contributed by atoms with E-state index in [9.17, 15) is 4.79 Å². The van der Waals surface area contributed by atoms with Gasteiger partial charge in [-0.25, -0.2) is 5.43 Å². The highest BCUT2D eigenvalue weighted by atomic mass is 16.5. The number of nitrogens with one attached hydrogen (secondary N) is 1. The molecule has 0 bridgehead atoms. The number of hydrazone groups is 1. The fourth-order valence-electron chi connectivity index (χ4n) is 2.03. The van der Waals surface area contributed by atoms with Gasteiger partial charge < -0.3 is 4.74 Å². The minimum Gasteiger partial charge on any atom is -0.497 e. The zero-order valence-corrected chi connectivity index (χ0v) is 13.0. The van der Waals surface area contributed by atoms with Gasteiger partial charge in [-0.3, -0.25) is 9.48 Å². The predicted octanol–water partition coefficient (Wildman–Crippen LogP) is 2.05. The lowest BCUT2D eigenvalue weighted by atomic mass is 10.2. The molecule has 0 aliphatic carbocycles.